The van der Waals surface area contributed by atoms with Gasteiger partial charge in [0.2, 0.25) is 10.0 Å². The van der Waals surface area contributed by atoms with Gasteiger partial charge in [-0.1, -0.05) is 35.9 Å². The van der Waals surface area contributed by atoms with Crippen LogP contribution in [0.5, 0.6) is 5.75 Å². The smallest absolute Gasteiger partial charge is 0.335 e. The van der Waals surface area contributed by atoms with Crippen LogP contribution in [0.1, 0.15) is 31.0 Å². The molecule has 0 fully saturated rings. The van der Waals surface area contributed by atoms with Gasteiger partial charge in [-0.15, -0.1) is 0 Å². The molecule has 0 saturated carbocycles. The van der Waals surface area contributed by atoms with Crippen LogP contribution in [-0.2, 0) is 19.6 Å². The van der Waals surface area contributed by atoms with Gasteiger partial charge < -0.3 is 9.47 Å². The molecule has 0 radical (unpaired) electrons. The van der Waals surface area contributed by atoms with Crippen molar-refractivity contribution < 1.29 is 22.7 Å². The van der Waals surface area contributed by atoms with Crippen LogP contribution >= 0.6 is 0 Å². The molecule has 1 atom stereocenters. The number of allylic oxidation sites excluding steroid dienone is 1. The number of carbonyl (C=O) groups is 1. The second-order valence-corrected chi connectivity index (χ2v) is 7.82. The molecule has 150 valence electrons. The number of nitrogens with one attached hydrogen (secondary N) is 1. The SMILES string of the molecule is CC=C(C(=O)OCC)C(NS(=O)(=O)c1ccc(C)cc1)c1ccc(OC)cc1. The Bertz CT molecular complexity index is 932. The van der Waals surface area contributed by atoms with Gasteiger partial charge >= 0.3 is 5.97 Å². The third kappa shape index (κ3) is 5.21. The summed E-state index contributed by atoms with van der Waals surface area (Å²) in [6, 6.07) is 12.4. The van der Waals surface area contributed by atoms with E-state index in [-0.39, 0.29) is 17.1 Å². The highest BCUT2D eigenvalue weighted by molar-refractivity contribution is 7.89. The molecule has 0 aliphatic rings. The third-order valence-electron chi connectivity index (χ3n) is 4.19. The molecule has 2 aromatic carbocycles. The van der Waals surface area contributed by atoms with Gasteiger partial charge in [0.1, 0.15) is 5.75 Å². The van der Waals surface area contributed by atoms with E-state index in [1.807, 2.05) is 6.92 Å². The molecular weight excluding hydrogens is 378 g/mol. The molecule has 0 heterocycles. The first-order chi connectivity index (χ1) is 13.3. The van der Waals surface area contributed by atoms with Gasteiger partial charge in [-0.25, -0.2) is 13.2 Å². The number of hydrogen-bond acceptors (Lipinski definition) is 5. The Labute approximate surface area is 166 Å². The molecular formula is C21H25NO5S. The van der Waals surface area contributed by atoms with E-state index in [0.717, 1.165) is 5.56 Å². The van der Waals surface area contributed by atoms with Crippen molar-refractivity contribution in [2.45, 2.75) is 31.7 Å². The van der Waals surface area contributed by atoms with Crippen molar-refractivity contribution in [3.05, 3.63) is 71.3 Å². The van der Waals surface area contributed by atoms with Crippen molar-refractivity contribution in [1.29, 1.82) is 0 Å². The zero-order valence-electron chi connectivity index (χ0n) is 16.4. The molecule has 2 aromatic rings. The van der Waals surface area contributed by atoms with Crippen LogP contribution in [0.2, 0.25) is 0 Å². The molecule has 1 unspecified atom stereocenters. The van der Waals surface area contributed by atoms with Gasteiger partial charge in [0, 0.05) is 0 Å². The molecule has 2 rings (SSSR count). The van der Waals surface area contributed by atoms with Gasteiger partial charge in [0.25, 0.3) is 0 Å². The van der Waals surface area contributed by atoms with Crippen LogP contribution in [0, 0.1) is 6.92 Å². The summed E-state index contributed by atoms with van der Waals surface area (Å²) >= 11 is 0. The van der Waals surface area contributed by atoms with Crippen LogP contribution < -0.4 is 9.46 Å². The quantitative estimate of drug-likeness (QED) is 0.539. The molecule has 0 spiro atoms. The van der Waals surface area contributed by atoms with Crippen LogP contribution in [0.15, 0.2) is 65.1 Å². The zero-order chi connectivity index (χ0) is 20.7. The van der Waals surface area contributed by atoms with E-state index >= 15 is 0 Å². The van der Waals surface area contributed by atoms with Gasteiger partial charge in [-0.05, 0) is 50.6 Å². The predicted molar refractivity (Wildman–Crippen MR) is 108 cm³/mol. The lowest BCUT2D eigenvalue weighted by atomic mass is 9.99. The van der Waals surface area contributed by atoms with E-state index in [4.69, 9.17) is 9.47 Å². The standard InChI is InChI=1S/C21H25NO5S/c1-5-19(21(23)27-6-2)20(16-9-11-17(26-4)12-10-16)22-28(24,25)18-13-7-15(3)8-14-18/h5,7-14,20,22H,6H2,1-4H3. The fourth-order valence-corrected chi connectivity index (χ4v) is 3.87. The van der Waals surface area contributed by atoms with Crippen LogP contribution in [0.25, 0.3) is 0 Å². The van der Waals surface area contributed by atoms with Crippen LogP contribution in [-0.4, -0.2) is 28.1 Å². The monoisotopic (exact) mass is 403 g/mol. The molecule has 0 amide bonds. The average Bonchev–Trinajstić information content (AvgIpc) is 2.68. The highest BCUT2D eigenvalue weighted by Crippen LogP contribution is 2.27. The summed E-state index contributed by atoms with van der Waals surface area (Å²) in [5, 5.41) is 0. The first-order valence-corrected chi connectivity index (χ1v) is 10.4. The number of methoxy groups -OCH3 is 1. The molecule has 28 heavy (non-hydrogen) atoms. The minimum Gasteiger partial charge on any atom is -0.497 e. The Hall–Kier alpha value is -2.64. The molecule has 6 nitrogen and oxygen atoms in total. The highest BCUT2D eigenvalue weighted by Gasteiger charge is 2.28. The lowest BCUT2D eigenvalue weighted by Gasteiger charge is -2.21. The van der Waals surface area contributed by atoms with Gasteiger partial charge in [-0.3, -0.25) is 0 Å². The number of rotatable bonds is 8. The van der Waals surface area contributed by atoms with E-state index in [1.54, 1.807) is 63.4 Å². The minimum atomic E-state index is -3.87. The van der Waals surface area contributed by atoms with E-state index < -0.39 is 22.0 Å². The second kappa shape index (κ2) is 9.52. The molecule has 0 aliphatic heterocycles. The molecule has 0 bridgehead atoms. The number of carbonyl (C=O) groups excluding carboxylic acids is 1. The molecule has 7 heteroatoms. The van der Waals surface area contributed by atoms with Crippen LogP contribution in [0.4, 0.5) is 0 Å². The Morgan fingerprint density at radius 1 is 1.11 bits per heavy atom. The summed E-state index contributed by atoms with van der Waals surface area (Å²) in [6.07, 6.45) is 1.56. The van der Waals surface area contributed by atoms with E-state index in [9.17, 15) is 13.2 Å². The largest absolute Gasteiger partial charge is 0.497 e. The van der Waals surface area contributed by atoms with Crippen molar-refractivity contribution in [3.8, 4) is 5.75 Å². The van der Waals surface area contributed by atoms with Gasteiger partial charge in [0.05, 0.1) is 30.2 Å². The lowest BCUT2D eigenvalue weighted by molar-refractivity contribution is -0.138. The number of ether oxygens (including phenoxy) is 2. The van der Waals surface area contributed by atoms with Crippen molar-refractivity contribution in [1.82, 2.24) is 4.72 Å². The van der Waals surface area contributed by atoms with Gasteiger partial charge in [0.15, 0.2) is 0 Å². The number of esters is 1. The summed E-state index contributed by atoms with van der Waals surface area (Å²) in [7, 11) is -2.33. The molecule has 0 aliphatic carbocycles. The number of aryl methyl sites for hydroxylation is 1. The summed E-state index contributed by atoms with van der Waals surface area (Å²) in [5.41, 5.74) is 1.76. The average molecular weight is 404 g/mol. The van der Waals surface area contributed by atoms with Crippen LogP contribution in [0.3, 0.4) is 0 Å². The van der Waals surface area contributed by atoms with Crippen molar-refractivity contribution >= 4 is 16.0 Å². The third-order valence-corrected chi connectivity index (χ3v) is 5.63. The molecule has 0 aromatic heterocycles. The maximum absolute atomic E-state index is 12.9. The summed E-state index contributed by atoms with van der Waals surface area (Å²) in [6.45, 7) is 5.44. The maximum atomic E-state index is 12.9. The fraction of sp³-hybridized carbons (Fsp3) is 0.286. The Balaban J connectivity index is 2.47. The Kier molecular flexibility index (Phi) is 7.37. The Morgan fingerprint density at radius 3 is 2.21 bits per heavy atom. The van der Waals surface area contributed by atoms with E-state index in [2.05, 4.69) is 4.72 Å². The van der Waals surface area contributed by atoms with Crippen molar-refractivity contribution in [3.63, 3.8) is 0 Å². The first-order valence-electron chi connectivity index (χ1n) is 8.88. The normalized spacial score (nSPS) is 13.1. The van der Waals surface area contributed by atoms with E-state index in [0.29, 0.717) is 11.3 Å². The minimum absolute atomic E-state index is 0.121. The summed E-state index contributed by atoms with van der Waals surface area (Å²) < 4.78 is 38.8. The molecule has 1 N–H and O–H groups in total. The topological polar surface area (TPSA) is 81.7 Å². The number of sulfonamides is 1. The van der Waals surface area contributed by atoms with Crippen molar-refractivity contribution in [2.75, 3.05) is 13.7 Å². The number of benzene rings is 2. The zero-order valence-corrected chi connectivity index (χ0v) is 17.2. The maximum Gasteiger partial charge on any atom is 0.335 e. The van der Waals surface area contributed by atoms with E-state index in [1.165, 1.54) is 12.1 Å². The summed E-state index contributed by atoms with van der Waals surface area (Å²) in [5.74, 6) is 0.0551. The second-order valence-electron chi connectivity index (χ2n) is 6.11. The Morgan fingerprint density at radius 2 is 1.71 bits per heavy atom. The lowest BCUT2D eigenvalue weighted by Crippen LogP contribution is -2.32. The summed E-state index contributed by atoms with van der Waals surface area (Å²) in [4.78, 5) is 12.6. The number of hydrogen-bond donors (Lipinski definition) is 1. The molecule has 0 saturated heterocycles. The first kappa shape index (κ1) is 21.7. The fourth-order valence-electron chi connectivity index (χ4n) is 2.66. The van der Waals surface area contributed by atoms with Gasteiger partial charge in [-0.2, -0.15) is 4.72 Å². The van der Waals surface area contributed by atoms with Crippen molar-refractivity contribution in [2.24, 2.45) is 0 Å². The highest BCUT2D eigenvalue weighted by atomic mass is 32.2. The predicted octanol–water partition coefficient (Wildman–Crippen LogP) is 3.53.